The molecule has 4 aromatic rings. The minimum atomic E-state index is -2.79. The third kappa shape index (κ3) is 4.09. The summed E-state index contributed by atoms with van der Waals surface area (Å²) in [5.74, 6) is 0.198. The van der Waals surface area contributed by atoms with Crippen molar-refractivity contribution in [3.8, 4) is 17.0 Å². The van der Waals surface area contributed by atoms with E-state index in [9.17, 15) is 13.6 Å². The average Bonchev–Trinajstić information content (AvgIpc) is 3.23. The van der Waals surface area contributed by atoms with Gasteiger partial charge in [-0.25, -0.2) is 18.3 Å². The molecule has 0 saturated carbocycles. The molecule has 0 radical (unpaired) electrons. The number of ether oxygens (including phenoxy) is 1. The fourth-order valence-electron chi connectivity index (χ4n) is 3.31. The highest BCUT2D eigenvalue weighted by Gasteiger charge is 2.22. The summed E-state index contributed by atoms with van der Waals surface area (Å²) in [5, 5.41) is 6.87. The molecule has 0 saturated heterocycles. The molecule has 0 bridgehead atoms. The van der Waals surface area contributed by atoms with Crippen molar-refractivity contribution in [3.05, 3.63) is 83.7 Å². The van der Waals surface area contributed by atoms with Gasteiger partial charge in [-0.1, -0.05) is 30.3 Å². The smallest absolute Gasteiger partial charge is 0.280 e. The first-order valence-corrected chi connectivity index (χ1v) is 9.65. The topological polar surface area (TPSA) is 68.5 Å². The molecular formula is C23H20F2N4O2. The number of aromatic nitrogens is 3. The molecule has 4 rings (SSSR count). The fourth-order valence-corrected chi connectivity index (χ4v) is 3.31. The highest BCUT2D eigenvalue weighted by molar-refractivity contribution is 6.00. The number of carbonyl (C=O) groups is 1. The molecule has 31 heavy (non-hydrogen) atoms. The lowest BCUT2D eigenvalue weighted by atomic mass is 10.1. The molecule has 8 heteroatoms. The van der Waals surface area contributed by atoms with Crippen molar-refractivity contribution in [2.75, 3.05) is 7.11 Å². The molecule has 158 valence electrons. The molecule has 0 aliphatic carbocycles. The minimum absolute atomic E-state index is 0.0707. The van der Waals surface area contributed by atoms with Crippen molar-refractivity contribution < 1.29 is 18.3 Å². The molecule has 1 amide bonds. The molecule has 2 heterocycles. The number of fused-ring (bicyclic) bond motifs is 1. The number of carbonyl (C=O) groups excluding carboxylic acids is 1. The van der Waals surface area contributed by atoms with Crippen LogP contribution in [0.5, 0.6) is 5.75 Å². The number of amides is 1. The normalized spacial score (nSPS) is 12.2. The molecule has 0 fully saturated rings. The number of nitrogens with one attached hydrogen (secondary N) is 1. The molecule has 0 spiro atoms. The largest absolute Gasteiger partial charge is 0.497 e. The molecule has 6 nitrogen and oxygen atoms in total. The van der Waals surface area contributed by atoms with Crippen LogP contribution < -0.4 is 10.1 Å². The highest BCUT2D eigenvalue weighted by Crippen LogP contribution is 2.28. The van der Waals surface area contributed by atoms with Crippen LogP contribution in [0.25, 0.3) is 16.9 Å². The molecule has 0 aliphatic rings. The number of hydrogen-bond donors (Lipinski definition) is 1. The van der Waals surface area contributed by atoms with E-state index in [-0.39, 0.29) is 22.9 Å². The first-order chi connectivity index (χ1) is 15.0. The van der Waals surface area contributed by atoms with Gasteiger partial charge >= 0.3 is 0 Å². The summed E-state index contributed by atoms with van der Waals surface area (Å²) in [6.07, 6.45) is -1.53. The van der Waals surface area contributed by atoms with Crippen molar-refractivity contribution in [1.82, 2.24) is 19.9 Å². The van der Waals surface area contributed by atoms with Gasteiger partial charge in [0.05, 0.1) is 25.0 Å². The summed E-state index contributed by atoms with van der Waals surface area (Å²) in [5.41, 5.74) is 1.71. The van der Waals surface area contributed by atoms with E-state index in [1.807, 2.05) is 37.3 Å². The van der Waals surface area contributed by atoms with E-state index in [1.165, 1.54) is 12.3 Å². The number of hydrogen-bond acceptors (Lipinski definition) is 4. The second kappa shape index (κ2) is 8.51. The van der Waals surface area contributed by atoms with Gasteiger partial charge in [0.1, 0.15) is 17.0 Å². The van der Waals surface area contributed by atoms with Crippen molar-refractivity contribution in [1.29, 1.82) is 0 Å². The van der Waals surface area contributed by atoms with Crippen LogP contribution in [0.15, 0.2) is 66.9 Å². The molecule has 1 atom stereocenters. The summed E-state index contributed by atoms with van der Waals surface area (Å²) in [7, 11) is 1.54. The van der Waals surface area contributed by atoms with Gasteiger partial charge in [-0.3, -0.25) is 4.79 Å². The predicted molar refractivity (Wildman–Crippen MR) is 112 cm³/mol. The Balaban J connectivity index is 1.74. The first kappa shape index (κ1) is 20.5. The van der Waals surface area contributed by atoms with Crippen LogP contribution in [0.3, 0.4) is 0 Å². The maximum Gasteiger partial charge on any atom is 0.280 e. The summed E-state index contributed by atoms with van der Waals surface area (Å²) < 4.78 is 33.6. The lowest BCUT2D eigenvalue weighted by Crippen LogP contribution is -2.26. The summed E-state index contributed by atoms with van der Waals surface area (Å²) in [6, 6.07) is 17.3. The van der Waals surface area contributed by atoms with Crippen molar-refractivity contribution in [2.24, 2.45) is 0 Å². The molecule has 1 N–H and O–H groups in total. The Kier molecular flexibility index (Phi) is 5.62. The van der Waals surface area contributed by atoms with Crippen LogP contribution >= 0.6 is 0 Å². The molecule has 2 aromatic carbocycles. The van der Waals surface area contributed by atoms with Gasteiger partial charge in [-0.15, -0.1) is 0 Å². The van der Waals surface area contributed by atoms with E-state index in [4.69, 9.17) is 4.74 Å². The predicted octanol–water partition coefficient (Wildman–Crippen LogP) is 4.83. The van der Waals surface area contributed by atoms with Crippen LogP contribution in [-0.2, 0) is 0 Å². The van der Waals surface area contributed by atoms with E-state index in [1.54, 1.807) is 31.4 Å². The van der Waals surface area contributed by atoms with Crippen LogP contribution in [0.2, 0.25) is 0 Å². The zero-order valence-electron chi connectivity index (χ0n) is 16.9. The lowest BCUT2D eigenvalue weighted by molar-refractivity contribution is 0.0941. The van der Waals surface area contributed by atoms with E-state index in [0.29, 0.717) is 17.0 Å². The Bertz CT molecular complexity index is 1210. The van der Waals surface area contributed by atoms with Gasteiger partial charge in [0.2, 0.25) is 0 Å². The Labute approximate surface area is 177 Å². The Morgan fingerprint density at radius 2 is 1.81 bits per heavy atom. The Morgan fingerprint density at radius 3 is 2.45 bits per heavy atom. The summed E-state index contributed by atoms with van der Waals surface area (Å²) in [6.45, 7) is 1.85. The monoisotopic (exact) mass is 422 g/mol. The molecule has 0 unspecified atom stereocenters. The number of rotatable bonds is 6. The Morgan fingerprint density at radius 1 is 1.10 bits per heavy atom. The van der Waals surface area contributed by atoms with E-state index < -0.39 is 12.3 Å². The van der Waals surface area contributed by atoms with Crippen LogP contribution in [0, 0.1) is 0 Å². The molecule has 2 aromatic heterocycles. The maximum absolute atomic E-state index is 13.7. The maximum atomic E-state index is 13.7. The molecular weight excluding hydrogens is 402 g/mol. The van der Waals surface area contributed by atoms with Gasteiger partial charge < -0.3 is 10.1 Å². The van der Waals surface area contributed by atoms with Gasteiger partial charge in [-0.2, -0.15) is 5.10 Å². The van der Waals surface area contributed by atoms with Gasteiger partial charge in [0, 0.05) is 5.56 Å². The number of alkyl halides is 2. The second-order valence-electron chi connectivity index (χ2n) is 6.99. The first-order valence-electron chi connectivity index (χ1n) is 9.65. The SMILES string of the molecule is COc1ccc(-c2cc(C(F)F)n3ncc(C(=O)N[C@H](C)c4ccccc4)c3n2)cc1. The van der Waals surface area contributed by atoms with E-state index in [2.05, 4.69) is 15.4 Å². The van der Waals surface area contributed by atoms with Crippen molar-refractivity contribution in [3.63, 3.8) is 0 Å². The number of nitrogens with zero attached hydrogens (tertiary/aromatic N) is 3. The standard InChI is InChI=1S/C23H20F2N4O2/c1-14(15-6-4-3-5-7-15)27-23(30)18-13-26-29-20(21(24)25)12-19(28-22(18)29)16-8-10-17(31-2)11-9-16/h3-14,21H,1-2H3,(H,27,30)/t14-/m1/s1. The Hall–Kier alpha value is -3.81. The van der Waals surface area contributed by atoms with Crippen LogP contribution in [0.1, 0.15) is 41.0 Å². The number of benzene rings is 2. The third-order valence-electron chi connectivity index (χ3n) is 5.00. The number of methoxy groups -OCH3 is 1. The van der Waals surface area contributed by atoms with Gasteiger partial charge in [0.25, 0.3) is 12.3 Å². The minimum Gasteiger partial charge on any atom is -0.497 e. The zero-order chi connectivity index (χ0) is 22.0. The third-order valence-corrected chi connectivity index (χ3v) is 5.00. The lowest BCUT2D eigenvalue weighted by Gasteiger charge is -2.14. The average molecular weight is 422 g/mol. The van der Waals surface area contributed by atoms with Crippen LogP contribution in [0.4, 0.5) is 8.78 Å². The van der Waals surface area contributed by atoms with Gasteiger partial charge in [-0.05, 0) is 42.8 Å². The van der Waals surface area contributed by atoms with E-state index >= 15 is 0 Å². The highest BCUT2D eigenvalue weighted by atomic mass is 19.3. The summed E-state index contributed by atoms with van der Waals surface area (Å²) in [4.78, 5) is 17.4. The van der Waals surface area contributed by atoms with Gasteiger partial charge in [0.15, 0.2) is 5.65 Å². The summed E-state index contributed by atoms with van der Waals surface area (Å²) >= 11 is 0. The quantitative estimate of drug-likeness (QED) is 0.483. The second-order valence-corrected chi connectivity index (χ2v) is 6.99. The van der Waals surface area contributed by atoms with Crippen LogP contribution in [-0.4, -0.2) is 27.6 Å². The van der Waals surface area contributed by atoms with Crippen molar-refractivity contribution >= 4 is 11.6 Å². The van der Waals surface area contributed by atoms with Crippen molar-refractivity contribution in [2.45, 2.75) is 19.4 Å². The molecule has 0 aliphatic heterocycles. The van der Waals surface area contributed by atoms with E-state index in [0.717, 1.165) is 10.1 Å². The fraction of sp³-hybridized carbons (Fsp3) is 0.174. The zero-order valence-corrected chi connectivity index (χ0v) is 16.9. The number of halogens is 2.